The van der Waals surface area contributed by atoms with Gasteiger partial charge in [0.15, 0.2) is 0 Å². The van der Waals surface area contributed by atoms with E-state index < -0.39 is 0 Å². The Morgan fingerprint density at radius 3 is 2.65 bits per heavy atom. The molecule has 1 aromatic heterocycles. The maximum Gasteiger partial charge on any atom is 0.148 e. The maximum absolute atomic E-state index is 6.28. The smallest absolute Gasteiger partial charge is 0.148 e. The van der Waals surface area contributed by atoms with Gasteiger partial charge >= 0.3 is 0 Å². The first-order valence-corrected chi connectivity index (χ1v) is 8.16. The minimum Gasteiger partial charge on any atom is -0.303 e. The van der Waals surface area contributed by atoms with Crippen LogP contribution in [0, 0.1) is 5.92 Å². The van der Waals surface area contributed by atoms with Gasteiger partial charge in [-0.15, -0.1) is 0 Å². The van der Waals surface area contributed by atoms with Crippen LogP contribution in [-0.4, -0.2) is 53.5 Å². The topological polar surface area (TPSA) is 32.3 Å². The quantitative estimate of drug-likeness (QED) is 0.775. The second-order valence-corrected chi connectivity index (χ2v) is 7.14. The average molecular weight is 362 g/mol. The molecule has 112 valence electrons. The van der Waals surface area contributed by atoms with E-state index in [0.29, 0.717) is 11.1 Å². The lowest BCUT2D eigenvalue weighted by atomic mass is 10.1. The van der Waals surface area contributed by atoms with E-state index in [0.717, 1.165) is 42.0 Å². The highest BCUT2D eigenvalue weighted by Crippen LogP contribution is 2.29. The van der Waals surface area contributed by atoms with E-state index in [-0.39, 0.29) is 6.04 Å². The molecule has 20 heavy (non-hydrogen) atoms. The Morgan fingerprint density at radius 1 is 1.30 bits per heavy atom. The zero-order chi connectivity index (χ0) is 14.9. The highest BCUT2D eigenvalue weighted by Gasteiger charge is 2.27. The predicted octanol–water partition coefficient (Wildman–Crippen LogP) is 3.01. The van der Waals surface area contributed by atoms with E-state index in [9.17, 15) is 0 Å². The van der Waals surface area contributed by atoms with E-state index in [2.05, 4.69) is 58.7 Å². The van der Waals surface area contributed by atoms with Gasteiger partial charge in [0.05, 0.1) is 16.2 Å². The number of halogens is 2. The summed E-state index contributed by atoms with van der Waals surface area (Å²) in [6.07, 6.45) is 0.905. The van der Waals surface area contributed by atoms with Crippen molar-refractivity contribution >= 4 is 27.5 Å². The van der Waals surface area contributed by atoms with Crippen LogP contribution in [0.15, 0.2) is 4.47 Å². The first kappa shape index (κ1) is 16.1. The van der Waals surface area contributed by atoms with Gasteiger partial charge in [0.25, 0.3) is 0 Å². The summed E-state index contributed by atoms with van der Waals surface area (Å²) in [4.78, 5) is 13.9. The van der Waals surface area contributed by atoms with Crippen molar-refractivity contribution in [2.75, 3.05) is 33.7 Å². The first-order valence-electron chi connectivity index (χ1n) is 6.99. The third-order valence-corrected chi connectivity index (χ3v) is 4.98. The van der Waals surface area contributed by atoms with Gasteiger partial charge in [-0.1, -0.05) is 25.4 Å². The molecule has 0 radical (unpaired) electrons. The van der Waals surface area contributed by atoms with Gasteiger partial charge in [0, 0.05) is 19.6 Å². The van der Waals surface area contributed by atoms with Crippen molar-refractivity contribution < 1.29 is 0 Å². The minimum atomic E-state index is 0.213. The molecule has 0 bridgehead atoms. The van der Waals surface area contributed by atoms with E-state index in [1.54, 1.807) is 0 Å². The van der Waals surface area contributed by atoms with Crippen molar-refractivity contribution in [2.24, 2.45) is 5.92 Å². The molecule has 0 N–H and O–H groups in total. The first-order chi connectivity index (χ1) is 9.38. The fraction of sp³-hybridized carbons (Fsp3) is 0.714. The molecular weight excluding hydrogens is 340 g/mol. The summed E-state index contributed by atoms with van der Waals surface area (Å²) in [5.74, 6) is 1.37. The summed E-state index contributed by atoms with van der Waals surface area (Å²) in [6.45, 7) is 7.41. The largest absolute Gasteiger partial charge is 0.303 e. The van der Waals surface area contributed by atoms with Crippen LogP contribution in [0.5, 0.6) is 0 Å². The summed E-state index contributed by atoms with van der Waals surface area (Å²) in [7, 11) is 4.26. The van der Waals surface area contributed by atoms with Gasteiger partial charge < -0.3 is 4.90 Å². The molecule has 1 aliphatic heterocycles. The van der Waals surface area contributed by atoms with E-state index in [1.807, 2.05) is 0 Å². The summed E-state index contributed by atoms with van der Waals surface area (Å²) in [5, 5.41) is 0.521. The van der Waals surface area contributed by atoms with Crippen LogP contribution in [0.4, 0.5) is 0 Å². The number of piperazine rings is 1. The van der Waals surface area contributed by atoms with Crippen LogP contribution in [0.2, 0.25) is 5.15 Å². The SMILES string of the molecule is CC(C)Cc1nc(C2CN(C)CCN2C)nc(Cl)c1Br. The molecule has 2 heterocycles. The van der Waals surface area contributed by atoms with Crippen LogP contribution >= 0.6 is 27.5 Å². The number of aromatic nitrogens is 2. The van der Waals surface area contributed by atoms with Gasteiger partial charge in [-0.3, -0.25) is 4.90 Å². The Kier molecular flexibility index (Phi) is 5.40. The molecule has 6 heteroatoms. The van der Waals surface area contributed by atoms with Crippen molar-refractivity contribution in [1.29, 1.82) is 0 Å². The zero-order valence-corrected chi connectivity index (χ0v) is 14.9. The number of nitrogens with zero attached hydrogens (tertiary/aromatic N) is 4. The molecule has 0 saturated carbocycles. The van der Waals surface area contributed by atoms with Crippen molar-refractivity contribution in [3.8, 4) is 0 Å². The van der Waals surface area contributed by atoms with Crippen molar-refractivity contribution in [2.45, 2.75) is 26.3 Å². The van der Waals surface area contributed by atoms with Crippen LogP contribution in [0.3, 0.4) is 0 Å². The van der Waals surface area contributed by atoms with Crippen molar-refractivity contribution in [1.82, 2.24) is 19.8 Å². The molecule has 1 fully saturated rings. The highest BCUT2D eigenvalue weighted by atomic mass is 79.9. The minimum absolute atomic E-state index is 0.213. The molecule has 2 rings (SSSR count). The Balaban J connectivity index is 2.33. The van der Waals surface area contributed by atoms with Crippen LogP contribution in [0.25, 0.3) is 0 Å². The third-order valence-electron chi connectivity index (χ3n) is 3.65. The van der Waals surface area contributed by atoms with E-state index in [1.165, 1.54) is 0 Å². The van der Waals surface area contributed by atoms with Crippen LogP contribution in [0.1, 0.15) is 31.4 Å². The monoisotopic (exact) mass is 360 g/mol. The fourth-order valence-electron chi connectivity index (χ4n) is 2.44. The van der Waals surface area contributed by atoms with Gasteiger partial charge in [-0.05, 0) is 42.4 Å². The lowest BCUT2D eigenvalue weighted by Crippen LogP contribution is -2.45. The van der Waals surface area contributed by atoms with Gasteiger partial charge in [-0.25, -0.2) is 9.97 Å². The molecule has 4 nitrogen and oxygen atoms in total. The molecule has 0 aliphatic carbocycles. The lowest BCUT2D eigenvalue weighted by Gasteiger charge is -2.36. The van der Waals surface area contributed by atoms with E-state index >= 15 is 0 Å². The standard InChI is InChI=1S/C14H22BrClN4/c1-9(2)7-10-12(15)13(16)18-14(17-10)11-8-19(3)5-6-20(11)4/h9,11H,5-8H2,1-4H3. The highest BCUT2D eigenvalue weighted by molar-refractivity contribution is 9.10. The molecule has 0 amide bonds. The van der Waals surface area contributed by atoms with Gasteiger partial charge in [-0.2, -0.15) is 0 Å². The maximum atomic E-state index is 6.28. The second-order valence-electron chi connectivity index (χ2n) is 5.99. The Morgan fingerprint density at radius 2 is 2.00 bits per heavy atom. The molecule has 1 atom stereocenters. The van der Waals surface area contributed by atoms with E-state index in [4.69, 9.17) is 16.6 Å². The second kappa shape index (κ2) is 6.69. The fourth-order valence-corrected chi connectivity index (χ4v) is 2.98. The summed E-state index contributed by atoms with van der Waals surface area (Å²) >= 11 is 9.79. The molecule has 1 unspecified atom stereocenters. The summed E-state index contributed by atoms with van der Waals surface area (Å²) in [6, 6.07) is 0.213. The molecule has 1 aliphatic rings. The van der Waals surface area contributed by atoms with Crippen molar-refractivity contribution in [3.63, 3.8) is 0 Å². The third kappa shape index (κ3) is 3.70. The van der Waals surface area contributed by atoms with Gasteiger partial charge in [0.1, 0.15) is 11.0 Å². The van der Waals surface area contributed by atoms with Crippen molar-refractivity contribution in [3.05, 3.63) is 21.1 Å². The number of hydrogen-bond donors (Lipinski definition) is 0. The molecule has 1 saturated heterocycles. The normalized spacial score (nSPS) is 21.6. The molecular formula is C14H22BrClN4. The van der Waals surface area contributed by atoms with Crippen LogP contribution in [-0.2, 0) is 6.42 Å². The zero-order valence-electron chi connectivity index (χ0n) is 12.5. The Labute approximate surface area is 134 Å². The predicted molar refractivity (Wildman–Crippen MR) is 86.2 cm³/mol. The lowest BCUT2D eigenvalue weighted by molar-refractivity contribution is 0.109. The molecule has 0 spiro atoms. The van der Waals surface area contributed by atoms with Crippen LogP contribution < -0.4 is 0 Å². The summed E-state index contributed by atoms with van der Waals surface area (Å²) < 4.78 is 0.837. The molecule has 1 aromatic rings. The average Bonchev–Trinajstić information content (AvgIpc) is 2.37. The number of hydrogen-bond acceptors (Lipinski definition) is 4. The number of rotatable bonds is 3. The molecule has 0 aromatic carbocycles. The Bertz CT molecular complexity index is 480. The Hall–Kier alpha value is -0.230. The van der Waals surface area contributed by atoms with Gasteiger partial charge in [0.2, 0.25) is 0 Å². The number of likely N-dealkylation sites (N-methyl/N-ethyl adjacent to an activating group) is 2. The summed E-state index contributed by atoms with van der Waals surface area (Å²) in [5.41, 5.74) is 1.01.